The molecule has 0 radical (unpaired) electrons. The highest BCUT2D eigenvalue weighted by atomic mass is 16.1. The van der Waals surface area contributed by atoms with Gasteiger partial charge in [0.05, 0.1) is 5.69 Å². The number of carbonyl (C=O) groups is 1. The summed E-state index contributed by atoms with van der Waals surface area (Å²) in [6.45, 7) is 2.03. The number of H-pyrrole nitrogens is 1. The van der Waals surface area contributed by atoms with Crippen LogP contribution in [0.5, 0.6) is 0 Å². The fraction of sp³-hybridized carbons (Fsp3) is 0.167. The van der Waals surface area contributed by atoms with Crippen LogP contribution in [0.3, 0.4) is 0 Å². The molecule has 0 aliphatic rings. The highest BCUT2D eigenvalue weighted by molar-refractivity contribution is 5.93. The lowest BCUT2D eigenvalue weighted by molar-refractivity contribution is 0.0958. The van der Waals surface area contributed by atoms with Crippen molar-refractivity contribution >= 4 is 5.91 Å². The fourth-order valence-electron chi connectivity index (χ4n) is 1.44. The summed E-state index contributed by atoms with van der Waals surface area (Å²) < 4.78 is 0. The molecule has 4 nitrogen and oxygen atoms in total. The summed E-state index contributed by atoms with van der Waals surface area (Å²) in [7, 11) is 1.59. The van der Waals surface area contributed by atoms with Gasteiger partial charge < -0.3 is 5.32 Å². The highest BCUT2D eigenvalue weighted by Crippen LogP contribution is 2.17. The zero-order valence-electron chi connectivity index (χ0n) is 9.24. The third-order valence-electron chi connectivity index (χ3n) is 2.40. The van der Waals surface area contributed by atoms with E-state index in [0.29, 0.717) is 5.69 Å². The molecule has 82 valence electrons. The molecule has 2 aromatic rings. The molecule has 4 heteroatoms. The second-order valence-corrected chi connectivity index (χ2v) is 3.61. The zero-order valence-corrected chi connectivity index (χ0v) is 9.24. The SMILES string of the molecule is CNC(=O)c1cc(-c2ccc(C)cc2)n[nH]1. The van der Waals surface area contributed by atoms with Crippen LogP contribution in [0.1, 0.15) is 16.1 Å². The number of rotatable bonds is 2. The second-order valence-electron chi connectivity index (χ2n) is 3.61. The number of aromatic nitrogens is 2. The Morgan fingerprint density at radius 2 is 2.00 bits per heavy atom. The number of nitrogens with zero attached hydrogens (tertiary/aromatic N) is 1. The van der Waals surface area contributed by atoms with Gasteiger partial charge in [0.15, 0.2) is 0 Å². The third-order valence-corrected chi connectivity index (χ3v) is 2.40. The summed E-state index contributed by atoms with van der Waals surface area (Å²) in [6.07, 6.45) is 0. The van der Waals surface area contributed by atoms with E-state index in [4.69, 9.17) is 0 Å². The summed E-state index contributed by atoms with van der Waals surface area (Å²) >= 11 is 0. The molecule has 1 amide bonds. The molecule has 2 rings (SSSR count). The van der Waals surface area contributed by atoms with Crippen molar-refractivity contribution in [2.45, 2.75) is 6.92 Å². The van der Waals surface area contributed by atoms with Gasteiger partial charge in [-0.15, -0.1) is 0 Å². The van der Waals surface area contributed by atoms with Crippen LogP contribution in [0.25, 0.3) is 11.3 Å². The summed E-state index contributed by atoms with van der Waals surface area (Å²) in [5, 5.41) is 9.35. The van der Waals surface area contributed by atoms with Gasteiger partial charge in [0.1, 0.15) is 5.69 Å². The predicted molar refractivity (Wildman–Crippen MR) is 62.2 cm³/mol. The van der Waals surface area contributed by atoms with Crippen LogP contribution in [-0.2, 0) is 0 Å². The monoisotopic (exact) mass is 215 g/mol. The van der Waals surface area contributed by atoms with E-state index < -0.39 is 0 Å². The largest absolute Gasteiger partial charge is 0.354 e. The number of benzene rings is 1. The topological polar surface area (TPSA) is 57.8 Å². The first-order valence-electron chi connectivity index (χ1n) is 5.05. The maximum absolute atomic E-state index is 11.3. The molecule has 1 aromatic heterocycles. The van der Waals surface area contributed by atoms with Crippen molar-refractivity contribution < 1.29 is 4.79 Å². The Bertz CT molecular complexity index is 499. The normalized spacial score (nSPS) is 10.1. The molecule has 1 aromatic carbocycles. The molecular weight excluding hydrogens is 202 g/mol. The van der Waals surface area contributed by atoms with Crippen molar-refractivity contribution in [2.75, 3.05) is 7.05 Å². The lowest BCUT2D eigenvalue weighted by atomic mass is 10.1. The summed E-state index contributed by atoms with van der Waals surface area (Å²) in [5.74, 6) is -0.161. The van der Waals surface area contributed by atoms with Crippen molar-refractivity contribution in [2.24, 2.45) is 0 Å². The summed E-state index contributed by atoms with van der Waals surface area (Å²) in [4.78, 5) is 11.3. The zero-order chi connectivity index (χ0) is 11.5. The standard InChI is InChI=1S/C12H13N3O/c1-8-3-5-9(6-4-8)10-7-11(15-14-10)12(16)13-2/h3-7H,1-2H3,(H,13,16)(H,14,15). The minimum Gasteiger partial charge on any atom is -0.354 e. The molecule has 0 atom stereocenters. The molecule has 0 aliphatic carbocycles. The van der Waals surface area contributed by atoms with Crippen molar-refractivity contribution in [3.63, 3.8) is 0 Å². The first-order chi connectivity index (χ1) is 7.70. The molecule has 0 fully saturated rings. The average molecular weight is 215 g/mol. The van der Waals surface area contributed by atoms with Crippen LogP contribution in [-0.4, -0.2) is 23.2 Å². The summed E-state index contributed by atoms with van der Waals surface area (Å²) in [6, 6.07) is 9.74. The molecule has 0 aliphatic heterocycles. The van der Waals surface area contributed by atoms with Gasteiger partial charge in [0, 0.05) is 12.6 Å². The van der Waals surface area contributed by atoms with Crippen molar-refractivity contribution in [3.8, 4) is 11.3 Å². The first kappa shape index (κ1) is 10.4. The minimum absolute atomic E-state index is 0.161. The number of carbonyl (C=O) groups excluding carboxylic acids is 1. The molecule has 0 unspecified atom stereocenters. The lowest BCUT2D eigenvalue weighted by Gasteiger charge is -1.96. The van der Waals surface area contributed by atoms with E-state index in [1.165, 1.54) is 5.56 Å². The van der Waals surface area contributed by atoms with Crippen molar-refractivity contribution in [1.82, 2.24) is 15.5 Å². The number of aromatic amines is 1. The van der Waals surface area contributed by atoms with E-state index >= 15 is 0 Å². The van der Waals surface area contributed by atoms with Gasteiger partial charge >= 0.3 is 0 Å². The van der Waals surface area contributed by atoms with E-state index in [2.05, 4.69) is 15.5 Å². The van der Waals surface area contributed by atoms with E-state index in [1.54, 1.807) is 13.1 Å². The van der Waals surface area contributed by atoms with Gasteiger partial charge in [-0.2, -0.15) is 5.10 Å². The maximum atomic E-state index is 11.3. The Morgan fingerprint density at radius 1 is 1.31 bits per heavy atom. The first-order valence-corrected chi connectivity index (χ1v) is 5.05. The molecule has 16 heavy (non-hydrogen) atoms. The molecular formula is C12H13N3O. The highest BCUT2D eigenvalue weighted by Gasteiger charge is 2.08. The Morgan fingerprint density at radius 3 is 2.62 bits per heavy atom. The van der Waals surface area contributed by atoms with E-state index in [1.807, 2.05) is 31.2 Å². The molecule has 0 bridgehead atoms. The van der Waals surface area contributed by atoms with Gasteiger partial charge in [0.25, 0.3) is 5.91 Å². The molecule has 0 spiro atoms. The van der Waals surface area contributed by atoms with Crippen LogP contribution >= 0.6 is 0 Å². The number of nitrogens with one attached hydrogen (secondary N) is 2. The minimum atomic E-state index is -0.161. The summed E-state index contributed by atoms with van der Waals surface area (Å²) in [5.41, 5.74) is 3.44. The van der Waals surface area contributed by atoms with Gasteiger partial charge in [-0.05, 0) is 13.0 Å². The Hall–Kier alpha value is -2.10. The van der Waals surface area contributed by atoms with E-state index in [9.17, 15) is 4.79 Å². The Balaban J connectivity index is 2.31. The fourth-order valence-corrected chi connectivity index (χ4v) is 1.44. The van der Waals surface area contributed by atoms with Crippen LogP contribution in [0.15, 0.2) is 30.3 Å². The van der Waals surface area contributed by atoms with E-state index in [0.717, 1.165) is 11.3 Å². The molecule has 0 saturated heterocycles. The van der Waals surface area contributed by atoms with Crippen LogP contribution in [0.2, 0.25) is 0 Å². The van der Waals surface area contributed by atoms with E-state index in [-0.39, 0.29) is 5.91 Å². The average Bonchev–Trinajstić information content (AvgIpc) is 2.78. The number of hydrogen-bond acceptors (Lipinski definition) is 2. The number of aryl methyl sites for hydroxylation is 1. The Labute approximate surface area is 93.7 Å². The molecule has 1 heterocycles. The van der Waals surface area contributed by atoms with Gasteiger partial charge in [0.2, 0.25) is 0 Å². The van der Waals surface area contributed by atoms with Crippen LogP contribution in [0.4, 0.5) is 0 Å². The van der Waals surface area contributed by atoms with Gasteiger partial charge in [-0.25, -0.2) is 0 Å². The molecule has 0 saturated carbocycles. The molecule has 2 N–H and O–H groups in total. The van der Waals surface area contributed by atoms with Crippen LogP contribution in [0, 0.1) is 6.92 Å². The predicted octanol–water partition coefficient (Wildman–Crippen LogP) is 1.74. The smallest absolute Gasteiger partial charge is 0.269 e. The van der Waals surface area contributed by atoms with Crippen LogP contribution < -0.4 is 5.32 Å². The third kappa shape index (κ3) is 1.95. The number of amides is 1. The lowest BCUT2D eigenvalue weighted by Crippen LogP contribution is -2.17. The van der Waals surface area contributed by atoms with Gasteiger partial charge in [-0.3, -0.25) is 9.89 Å². The van der Waals surface area contributed by atoms with Gasteiger partial charge in [-0.1, -0.05) is 29.8 Å². The Kier molecular flexibility index (Phi) is 2.72. The maximum Gasteiger partial charge on any atom is 0.269 e. The number of hydrogen-bond donors (Lipinski definition) is 2. The van der Waals surface area contributed by atoms with Crippen molar-refractivity contribution in [1.29, 1.82) is 0 Å². The van der Waals surface area contributed by atoms with Crippen molar-refractivity contribution in [3.05, 3.63) is 41.6 Å². The quantitative estimate of drug-likeness (QED) is 0.801. The second kappa shape index (κ2) is 4.18.